The number of esters is 2. The van der Waals surface area contributed by atoms with Crippen molar-refractivity contribution in [2.75, 3.05) is 0 Å². The van der Waals surface area contributed by atoms with E-state index >= 15 is 0 Å². The van der Waals surface area contributed by atoms with Crippen LogP contribution in [0.15, 0.2) is 11.6 Å². The number of allylic oxidation sites excluding steroid dienone is 1. The van der Waals surface area contributed by atoms with Gasteiger partial charge in [0.25, 0.3) is 0 Å². The normalized spacial score (nSPS) is 12.5. The molecule has 0 saturated heterocycles. The molecule has 0 radical (unpaired) electrons. The molecule has 0 aliphatic carbocycles. The second-order valence-corrected chi connectivity index (χ2v) is 3.89. The number of carbonyl (C=O) groups excluding carboxylic acids is 2. The molecule has 0 aromatic heterocycles. The van der Waals surface area contributed by atoms with Crippen LogP contribution >= 0.6 is 0 Å². The maximum absolute atomic E-state index is 11.5. The molecule has 0 N–H and O–H groups in total. The fraction of sp³-hybridized carbons (Fsp3) is 0.636. The van der Waals surface area contributed by atoms with Crippen LogP contribution in [0.2, 0.25) is 0 Å². The summed E-state index contributed by atoms with van der Waals surface area (Å²) < 4.78 is 4.71. The third-order valence-corrected chi connectivity index (χ3v) is 2.38. The Labute approximate surface area is 85.1 Å². The average molecular weight is 198 g/mol. The fourth-order valence-electron chi connectivity index (χ4n) is 0.565. The van der Waals surface area contributed by atoms with E-state index in [0.29, 0.717) is 12.0 Å². The molecule has 0 unspecified atom stereocenters. The molecular formula is C11H18O3. The van der Waals surface area contributed by atoms with E-state index in [-0.39, 0.29) is 0 Å². The molecule has 0 spiro atoms. The van der Waals surface area contributed by atoms with E-state index in [0.717, 1.165) is 0 Å². The van der Waals surface area contributed by atoms with Crippen molar-refractivity contribution < 1.29 is 14.3 Å². The van der Waals surface area contributed by atoms with Crippen molar-refractivity contribution in [3.05, 3.63) is 11.6 Å². The highest BCUT2D eigenvalue weighted by molar-refractivity contribution is 5.97. The fourth-order valence-corrected chi connectivity index (χ4v) is 0.565. The molecule has 0 rings (SSSR count). The molecule has 0 heterocycles. The predicted octanol–water partition coefficient (Wildman–Crippen LogP) is 2.46. The van der Waals surface area contributed by atoms with Crippen molar-refractivity contribution in [2.24, 2.45) is 5.41 Å². The largest absolute Gasteiger partial charge is 0.389 e. The van der Waals surface area contributed by atoms with Gasteiger partial charge in [-0.3, -0.25) is 4.79 Å². The highest BCUT2D eigenvalue weighted by Gasteiger charge is 2.29. The topological polar surface area (TPSA) is 43.4 Å². The minimum Gasteiger partial charge on any atom is -0.389 e. The Morgan fingerprint density at radius 1 is 1.36 bits per heavy atom. The van der Waals surface area contributed by atoms with Crippen LogP contribution in [-0.4, -0.2) is 11.9 Å². The second-order valence-electron chi connectivity index (χ2n) is 3.89. The zero-order chi connectivity index (χ0) is 11.4. The number of carbonyl (C=O) groups is 2. The summed E-state index contributed by atoms with van der Waals surface area (Å²) in [6, 6.07) is 0. The van der Waals surface area contributed by atoms with Gasteiger partial charge in [0, 0.05) is 5.57 Å². The van der Waals surface area contributed by atoms with Crippen molar-refractivity contribution in [2.45, 2.75) is 41.0 Å². The van der Waals surface area contributed by atoms with Crippen LogP contribution in [0.5, 0.6) is 0 Å². The monoisotopic (exact) mass is 198 g/mol. The molecule has 0 saturated carbocycles. The maximum atomic E-state index is 11.5. The average Bonchev–Trinajstić information content (AvgIpc) is 2.16. The zero-order valence-corrected chi connectivity index (χ0v) is 9.51. The highest BCUT2D eigenvalue weighted by atomic mass is 16.6. The highest BCUT2D eigenvalue weighted by Crippen LogP contribution is 2.21. The van der Waals surface area contributed by atoms with E-state index in [1.807, 2.05) is 6.92 Å². The molecule has 0 atom stereocenters. The number of rotatable bonds is 3. The number of hydrogen-bond donors (Lipinski definition) is 0. The second kappa shape index (κ2) is 4.94. The van der Waals surface area contributed by atoms with Gasteiger partial charge in [-0.15, -0.1) is 0 Å². The van der Waals surface area contributed by atoms with Gasteiger partial charge in [-0.25, -0.2) is 4.79 Å². The van der Waals surface area contributed by atoms with E-state index in [4.69, 9.17) is 4.74 Å². The molecule has 0 bridgehead atoms. The minimum absolute atomic E-state index is 0.449. The molecule has 0 aromatic carbocycles. The van der Waals surface area contributed by atoms with Crippen molar-refractivity contribution in [3.63, 3.8) is 0 Å². The van der Waals surface area contributed by atoms with Gasteiger partial charge in [0.2, 0.25) is 0 Å². The quantitative estimate of drug-likeness (QED) is 0.397. The molecule has 80 valence electrons. The van der Waals surface area contributed by atoms with E-state index in [1.165, 1.54) is 0 Å². The van der Waals surface area contributed by atoms with Crippen LogP contribution < -0.4 is 0 Å². The third-order valence-electron chi connectivity index (χ3n) is 2.38. The Hall–Kier alpha value is -1.12. The first kappa shape index (κ1) is 12.9. The Kier molecular flexibility index (Phi) is 4.54. The maximum Gasteiger partial charge on any atom is 0.341 e. The summed E-state index contributed by atoms with van der Waals surface area (Å²) in [6.07, 6.45) is 2.27. The summed E-state index contributed by atoms with van der Waals surface area (Å²) >= 11 is 0. The molecule has 0 aliphatic rings. The number of ether oxygens (including phenoxy) is 1. The molecule has 0 aromatic rings. The molecule has 0 amide bonds. The van der Waals surface area contributed by atoms with Crippen molar-refractivity contribution >= 4 is 11.9 Å². The lowest BCUT2D eigenvalue weighted by Crippen LogP contribution is -2.28. The van der Waals surface area contributed by atoms with Crippen LogP contribution in [-0.2, 0) is 14.3 Å². The van der Waals surface area contributed by atoms with E-state index in [1.54, 1.807) is 33.8 Å². The lowest BCUT2D eigenvalue weighted by Gasteiger charge is -2.19. The first-order chi connectivity index (χ1) is 6.35. The Balaban J connectivity index is 4.42. The predicted molar refractivity (Wildman–Crippen MR) is 54.6 cm³/mol. The van der Waals surface area contributed by atoms with Crippen LogP contribution in [0, 0.1) is 5.41 Å². The lowest BCUT2D eigenvalue weighted by molar-refractivity contribution is -0.163. The molecule has 0 fully saturated rings. The van der Waals surface area contributed by atoms with Crippen LogP contribution in [0.4, 0.5) is 0 Å². The molecule has 0 aliphatic heterocycles. The van der Waals surface area contributed by atoms with Gasteiger partial charge in [-0.05, 0) is 34.1 Å². The molecule has 14 heavy (non-hydrogen) atoms. The van der Waals surface area contributed by atoms with E-state index in [2.05, 4.69) is 0 Å². The van der Waals surface area contributed by atoms with E-state index < -0.39 is 17.4 Å². The van der Waals surface area contributed by atoms with Gasteiger partial charge in [0.1, 0.15) is 0 Å². The summed E-state index contributed by atoms with van der Waals surface area (Å²) in [5.41, 5.74) is -0.144. The van der Waals surface area contributed by atoms with Crippen molar-refractivity contribution in [1.82, 2.24) is 0 Å². The molecular weight excluding hydrogens is 180 g/mol. The third kappa shape index (κ3) is 3.32. The van der Waals surface area contributed by atoms with E-state index in [9.17, 15) is 9.59 Å². The summed E-state index contributed by atoms with van der Waals surface area (Å²) in [5.74, 6) is -1.02. The lowest BCUT2D eigenvalue weighted by atomic mass is 9.91. The standard InChI is InChI=1S/C11H18O3/c1-6-8(3)9(12)14-10(13)11(4,5)7-2/h6H,7H2,1-5H3/b8-6+. The van der Waals surface area contributed by atoms with Crippen LogP contribution in [0.25, 0.3) is 0 Å². The van der Waals surface area contributed by atoms with Crippen molar-refractivity contribution in [1.29, 1.82) is 0 Å². The minimum atomic E-state index is -0.594. The van der Waals surface area contributed by atoms with Crippen LogP contribution in [0.3, 0.4) is 0 Å². The summed E-state index contributed by atoms with van der Waals surface area (Å²) in [5, 5.41) is 0. The first-order valence-corrected chi connectivity index (χ1v) is 4.74. The molecule has 3 nitrogen and oxygen atoms in total. The Bertz CT molecular complexity index is 262. The van der Waals surface area contributed by atoms with Gasteiger partial charge in [-0.2, -0.15) is 0 Å². The van der Waals surface area contributed by atoms with Gasteiger partial charge in [-0.1, -0.05) is 13.0 Å². The summed E-state index contributed by atoms with van der Waals surface area (Å²) in [4.78, 5) is 22.7. The van der Waals surface area contributed by atoms with Crippen molar-refractivity contribution in [3.8, 4) is 0 Å². The van der Waals surface area contributed by atoms with Gasteiger partial charge < -0.3 is 4.74 Å². The zero-order valence-electron chi connectivity index (χ0n) is 9.51. The van der Waals surface area contributed by atoms with Crippen LogP contribution in [0.1, 0.15) is 41.0 Å². The summed E-state index contributed by atoms with van der Waals surface area (Å²) in [6.45, 7) is 8.75. The van der Waals surface area contributed by atoms with Gasteiger partial charge in [0.15, 0.2) is 0 Å². The Morgan fingerprint density at radius 2 is 1.86 bits per heavy atom. The summed E-state index contributed by atoms with van der Waals surface area (Å²) in [7, 11) is 0. The SMILES string of the molecule is C/C=C(\C)C(=O)OC(=O)C(C)(C)CC. The first-order valence-electron chi connectivity index (χ1n) is 4.74. The smallest absolute Gasteiger partial charge is 0.341 e. The Morgan fingerprint density at radius 3 is 2.21 bits per heavy atom. The molecule has 3 heteroatoms. The van der Waals surface area contributed by atoms with Gasteiger partial charge in [0.05, 0.1) is 5.41 Å². The number of hydrogen-bond acceptors (Lipinski definition) is 3. The van der Waals surface area contributed by atoms with Gasteiger partial charge >= 0.3 is 11.9 Å².